The van der Waals surface area contributed by atoms with Gasteiger partial charge in [0.15, 0.2) is 11.6 Å². The Kier molecular flexibility index (Phi) is 4.76. The van der Waals surface area contributed by atoms with Crippen molar-refractivity contribution in [3.05, 3.63) is 65.2 Å². The Morgan fingerprint density at radius 3 is 2.58 bits per heavy atom. The van der Waals surface area contributed by atoms with Gasteiger partial charge in [-0.3, -0.25) is 4.79 Å². The molecule has 126 valence electrons. The van der Waals surface area contributed by atoms with E-state index < -0.39 is 11.6 Å². The number of amides is 1. The van der Waals surface area contributed by atoms with Crippen molar-refractivity contribution in [3.8, 4) is 5.75 Å². The molecule has 1 amide bonds. The number of carbonyl (C=O) groups excluding carboxylic acids is 1. The summed E-state index contributed by atoms with van der Waals surface area (Å²) in [5, 5.41) is 0. The van der Waals surface area contributed by atoms with Crippen LogP contribution in [0.2, 0.25) is 0 Å². The van der Waals surface area contributed by atoms with Crippen LogP contribution < -0.4 is 4.74 Å². The highest BCUT2D eigenvalue weighted by molar-refractivity contribution is 5.95. The summed E-state index contributed by atoms with van der Waals surface area (Å²) >= 11 is 0. The predicted molar refractivity (Wildman–Crippen MR) is 83.8 cm³/mol. The van der Waals surface area contributed by atoms with Crippen LogP contribution in [0.4, 0.5) is 8.78 Å². The molecule has 0 bridgehead atoms. The molecule has 3 rings (SSSR count). The van der Waals surface area contributed by atoms with Gasteiger partial charge in [-0.05, 0) is 29.8 Å². The van der Waals surface area contributed by atoms with Crippen LogP contribution in [0, 0.1) is 11.6 Å². The summed E-state index contributed by atoms with van der Waals surface area (Å²) < 4.78 is 37.7. The third kappa shape index (κ3) is 3.38. The molecule has 0 aliphatic carbocycles. The van der Waals surface area contributed by atoms with Crippen LogP contribution in [0.5, 0.6) is 5.75 Å². The molecule has 1 fully saturated rings. The highest BCUT2D eigenvalue weighted by atomic mass is 19.1. The minimum atomic E-state index is -0.527. The molecule has 0 unspecified atom stereocenters. The van der Waals surface area contributed by atoms with E-state index >= 15 is 0 Å². The second-order valence-corrected chi connectivity index (χ2v) is 5.59. The fraction of sp³-hybridized carbons (Fsp3) is 0.278. The van der Waals surface area contributed by atoms with Gasteiger partial charge in [0, 0.05) is 13.1 Å². The van der Waals surface area contributed by atoms with Crippen LogP contribution in [0.25, 0.3) is 0 Å². The molecule has 0 radical (unpaired) electrons. The van der Waals surface area contributed by atoms with Crippen LogP contribution >= 0.6 is 0 Å². The number of ether oxygens (including phenoxy) is 2. The van der Waals surface area contributed by atoms with Gasteiger partial charge in [-0.25, -0.2) is 8.78 Å². The molecule has 4 nitrogen and oxygen atoms in total. The average molecular weight is 333 g/mol. The Balaban J connectivity index is 1.50. The first-order valence-corrected chi connectivity index (χ1v) is 7.56. The SMILES string of the molecule is COc1ccc(COC2CN(C(=O)c3ccccc3F)C2)cc1F. The summed E-state index contributed by atoms with van der Waals surface area (Å²) in [5.41, 5.74) is 0.750. The smallest absolute Gasteiger partial charge is 0.257 e. The van der Waals surface area contributed by atoms with Gasteiger partial charge in [0.1, 0.15) is 5.82 Å². The molecule has 1 aliphatic heterocycles. The van der Waals surface area contributed by atoms with Gasteiger partial charge in [-0.2, -0.15) is 0 Å². The Morgan fingerprint density at radius 2 is 1.92 bits per heavy atom. The summed E-state index contributed by atoms with van der Waals surface area (Å²) in [6, 6.07) is 10.5. The summed E-state index contributed by atoms with van der Waals surface area (Å²) in [5.74, 6) is -1.13. The third-order valence-corrected chi connectivity index (χ3v) is 3.94. The van der Waals surface area contributed by atoms with E-state index in [1.165, 1.54) is 30.2 Å². The number of likely N-dealkylation sites (tertiary alicyclic amines) is 1. The van der Waals surface area contributed by atoms with Gasteiger partial charge >= 0.3 is 0 Å². The second-order valence-electron chi connectivity index (χ2n) is 5.59. The van der Waals surface area contributed by atoms with Crippen molar-refractivity contribution in [2.75, 3.05) is 20.2 Å². The topological polar surface area (TPSA) is 38.8 Å². The van der Waals surface area contributed by atoms with E-state index in [9.17, 15) is 13.6 Å². The molecule has 0 N–H and O–H groups in total. The highest BCUT2D eigenvalue weighted by Gasteiger charge is 2.32. The lowest BCUT2D eigenvalue weighted by molar-refractivity contribution is -0.0505. The predicted octanol–water partition coefficient (Wildman–Crippen LogP) is 3.01. The minimum absolute atomic E-state index is 0.0631. The number of carbonyl (C=O) groups is 1. The largest absolute Gasteiger partial charge is 0.494 e. The molecule has 2 aromatic rings. The molecule has 0 aromatic heterocycles. The lowest BCUT2D eigenvalue weighted by atomic mass is 10.1. The van der Waals surface area contributed by atoms with Crippen molar-refractivity contribution < 1.29 is 23.0 Å². The van der Waals surface area contributed by atoms with Crippen molar-refractivity contribution in [2.24, 2.45) is 0 Å². The molecule has 0 saturated carbocycles. The summed E-state index contributed by atoms with van der Waals surface area (Å²) in [7, 11) is 1.41. The first-order chi connectivity index (χ1) is 11.6. The second kappa shape index (κ2) is 6.97. The number of rotatable bonds is 5. The number of hydrogen-bond acceptors (Lipinski definition) is 3. The van der Waals surface area contributed by atoms with E-state index in [0.717, 1.165) is 0 Å². The first-order valence-electron chi connectivity index (χ1n) is 7.56. The Labute approximate surface area is 138 Å². The van der Waals surface area contributed by atoms with E-state index in [2.05, 4.69) is 0 Å². The van der Waals surface area contributed by atoms with Gasteiger partial charge in [-0.15, -0.1) is 0 Å². The maximum Gasteiger partial charge on any atom is 0.257 e. The van der Waals surface area contributed by atoms with Crippen molar-refractivity contribution in [2.45, 2.75) is 12.7 Å². The number of halogens is 2. The van der Waals surface area contributed by atoms with Gasteiger partial charge < -0.3 is 14.4 Å². The zero-order valence-corrected chi connectivity index (χ0v) is 13.2. The van der Waals surface area contributed by atoms with Crippen LogP contribution in [0.3, 0.4) is 0 Å². The third-order valence-electron chi connectivity index (χ3n) is 3.94. The van der Waals surface area contributed by atoms with E-state index in [1.807, 2.05) is 0 Å². The molecule has 0 spiro atoms. The lowest BCUT2D eigenvalue weighted by Crippen LogP contribution is -2.54. The summed E-state index contributed by atoms with van der Waals surface area (Å²) in [6.07, 6.45) is -0.133. The Hall–Kier alpha value is -2.47. The molecule has 1 saturated heterocycles. The molecule has 2 aromatic carbocycles. The highest BCUT2D eigenvalue weighted by Crippen LogP contribution is 2.21. The number of methoxy groups -OCH3 is 1. The van der Waals surface area contributed by atoms with Crippen LogP contribution in [-0.2, 0) is 11.3 Å². The normalized spacial score (nSPS) is 14.4. The van der Waals surface area contributed by atoms with Crippen molar-refractivity contribution in [1.29, 1.82) is 0 Å². The molecule has 1 aliphatic rings. The van der Waals surface area contributed by atoms with E-state index in [4.69, 9.17) is 9.47 Å². The molecule has 24 heavy (non-hydrogen) atoms. The fourth-order valence-electron chi connectivity index (χ4n) is 2.53. The number of nitrogens with zero attached hydrogens (tertiary/aromatic N) is 1. The van der Waals surface area contributed by atoms with Crippen LogP contribution in [-0.4, -0.2) is 37.1 Å². The van der Waals surface area contributed by atoms with Crippen LogP contribution in [0.1, 0.15) is 15.9 Å². The van der Waals surface area contributed by atoms with Crippen molar-refractivity contribution in [1.82, 2.24) is 4.90 Å². The maximum absolute atomic E-state index is 13.6. The van der Waals surface area contributed by atoms with E-state index in [0.29, 0.717) is 18.7 Å². The van der Waals surface area contributed by atoms with E-state index in [-0.39, 0.29) is 29.9 Å². The van der Waals surface area contributed by atoms with E-state index in [1.54, 1.807) is 24.3 Å². The maximum atomic E-state index is 13.6. The Morgan fingerprint density at radius 1 is 1.17 bits per heavy atom. The fourth-order valence-corrected chi connectivity index (χ4v) is 2.53. The van der Waals surface area contributed by atoms with Gasteiger partial charge in [-0.1, -0.05) is 18.2 Å². The zero-order chi connectivity index (χ0) is 17.1. The van der Waals surface area contributed by atoms with Gasteiger partial charge in [0.2, 0.25) is 0 Å². The molecular formula is C18H17F2NO3. The lowest BCUT2D eigenvalue weighted by Gasteiger charge is -2.39. The molecule has 0 atom stereocenters. The van der Waals surface area contributed by atoms with Crippen molar-refractivity contribution in [3.63, 3.8) is 0 Å². The number of hydrogen-bond donors (Lipinski definition) is 0. The van der Waals surface area contributed by atoms with Crippen molar-refractivity contribution >= 4 is 5.91 Å². The first kappa shape index (κ1) is 16.4. The number of benzene rings is 2. The molecular weight excluding hydrogens is 316 g/mol. The van der Waals surface area contributed by atoms with Gasteiger partial charge in [0.25, 0.3) is 5.91 Å². The monoisotopic (exact) mass is 333 g/mol. The zero-order valence-electron chi connectivity index (χ0n) is 13.2. The van der Waals surface area contributed by atoms with Gasteiger partial charge in [0.05, 0.1) is 25.4 Å². The van der Waals surface area contributed by atoms with Crippen LogP contribution in [0.15, 0.2) is 42.5 Å². The minimum Gasteiger partial charge on any atom is -0.494 e. The summed E-state index contributed by atoms with van der Waals surface area (Å²) in [4.78, 5) is 13.7. The Bertz CT molecular complexity index is 745. The average Bonchev–Trinajstić information content (AvgIpc) is 2.53. The quantitative estimate of drug-likeness (QED) is 0.844. The standard InChI is InChI=1S/C18H17F2NO3/c1-23-17-7-6-12(8-16(17)20)11-24-13-9-21(10-13)18(22)14-4-2-3-5-15(14)19/h2-8,13H,9-11H2,1H3. The molecule has 6 heteroatoms. The summed E-state index contributed by atoms with van der Waals surface area (Å²) in [6.45, 7) is 1.03. The molecule has 1 heterocycles.